The smallest absolute Gasteiger partial charge is 0.0462 e. The van der Waals surface area contributed by atoms with Crippen LogP contribution in [0.4, 0.5) is 5.69 Å². The van der Waals surface area contributed by atoms with Crippen molar-refractivity contribution in [1.29, 1.82) is 0 Å². The number of likely N-dealkylation sites (N-methyl/N-ethyl adjacent to an activating group) is 1. The molecule has 1 aliphatic heterocycles. The van der Waals surface area contributed by atoms with Crippen molar-refractivity contribution in [3.05, 3.63) is 29.3 Å². The Morgan fingerprint density at radius 1 is 1.33 bits per heavy atom. The molecule has 0 atom stereocenters. The van der Waals surface area contributed by atoms with Gasteiger partial charge in [-0.2, -0.15) is 0 Å². The van der Waals surface area contributed by atoms with Gasteiger partial charge in [-0.1, -0.05) is 6.07 Å². The molecule has 2 nitrogen and oxygen atoms in total. The first kappa shape index (κ1) is 9.22. The molecule has 1 fully saturated rings. The zero-order valence-corrected chi connectivity index (χ0v) is 9.51. The predicted molar refractivity (Wildman–Crippen MR) is 63.2 cm³/mol. The van der Waals surface area contributed by atoms with Crippen LogP contribution in [0.25, 0.3) is 0 Å². The van der Waals surface area contributed by atoms with Crippen LogP contribution in [0.3, 0.4) is 0 Å². The summed E-state index contributed by atoms with van der Waals surface area (Å²) in [7, 11) is 4.26. The van der Waals surface area contributed by atoms with Gasteiger partial charge in [0.25, 0.3) is 0 Å². The van der Waals surface area contributed by atoms with Gasteiger partial charge in [-0.05, 0) is 49.6 Å². The molecule has 0 amide bonds. The van der Waals surface area contributed by atoms with E-state index in [0.29, 0.717) is 5.54 Å². The van der Waals surface area contributed by atoms with E-state index in [1.54, 1.807) is 11.1 Å². The molecule has 0 radical (unpaired) electrons. The van der Waals surface area contributed by atoms with Crippen LogP contribution in [0.5, 0.6) is 0 Å². The van der Waals surface area contributed by atoms with E-state index in [-0.39, 0.29) is 0 Å². The van der Waals surface area contributed by atoms with Gasteiger partial charge < -0.3 is 5.32 Å². The number of fused-ring (bicyclic) bond motifs is 2. The summed E-state index contributed by atoms with van der Waals surface area (Å²) in [6.07, 6.45) is 3.88. The van der Waals surface area contributed by atoms with E-state index >= 15 is 0 Å². The van der Waals surface area contributed by atoms with Crippen LogP contribution >= 0.6 is 0 Å². The number of nitrogens with one attached hydrogen (secondary N) is 1. The van der Waals surface area contributed by atoms with Gasteiger partial charge in [-0.3, -0.25) is 4.90 Å². The molecule has 2 heteroatoms. The highest BCUT2D eigenvalue weighted by Crippen LogP contribution is 2.53. The fraction of sp³-hybridized carbons (Fsp3) is 0.538. The highest BCUT2D eigenvalue weighted by Gasteiger charge is 2.50. The van der Waals surface area contributed by atoms with Crippen molar-refractivity contribution in [3.8, 4) is 0 Å². The number of nitrogens with zero attached hydrogens (tertiary/aromatic N) is 1. The summed E-state index contributed by atoms with van der Waals surface area (Å²) >= 11 is 0. The summed E-state index contributed by atoms with van der Waals surface area (Å²) in [5, 5.41) is 3.22. The quantitative estimate of drug-likeness (QED) is 0.751. The second-order valence-electron chi connectivity index (χ2n) is 4.83. The molecule has 0 unspecified atom stereocenters. The van der Waals surface area contributed by atoms with Crippen molar-refractivity contribution >= 4 is 5.69 Å². The van der Waals surface area contributed by atoms with Crippen LogP contribution in [0, 0.1) is 0 Å². The first-order valence-corrected chi connectivity index (χ1v) is 5.79. The fourth-order valence-corrected chi connectivity index (χ4v) is 2.89. The Kier molecular flexibility index (Phi) is 1.84. The lowest BCUT2D eigenvalue weighted by molar-refractivity contribution is 0.208. The Morgan fingerprint density at radius 2 is 2.13 bits per heavy atom. The van der Waals surface area contributed by atoms with Crippen molar-refractivity contribution in [2.24, 2.45) is 0 Å². The van der Waals surface area contributed by atoms with Crippen molar-refractivity contribution in [3.63, 3.8) is 0 Å². The molecule has 1 aromatic rings. The van der Waals surface area contributed by atoms with Crippen LogP contribution < -0.4 is 5.32 Å². The minimum Gasteiger partial charge on any atom is -0.388 e. The second kappa shape index (κ2) is 2.99. The van der Waals surface area contributed by atoms with E-state index in [1.165, 1.54) is 31.5 Å². The van der Waals surface area contributed by atoms with E-state index < -0.39 is 0 Å². The molecule has 80 valence electrons. The van der Waals surface area contributed by atoms with Gasteiger partial charge in [0.2, 0.25) is 0 Å². The SMILES string of the molecule is CNc1ccc2c(c1)CCN(C)C21CC1. The van der Waals surface area contributed by atoms with E-state index in [2.05, 4.69) is 35.5 Å². The van der Waals surface area contributed by atoms with Crippen LogP contribution in [0.2, 0.25) is 0 Å². The molecule has 1 N–H and O–H groups in total. The summed E-state index contributed by atoms with van der Waals surface area (Å²) < 4.78 is 0. The highest BCUT2D eigenvalue weighted by molar-refractivity contribution is 5.52. The van der Waals surface area contributed by atoms with E-state index in [1.807, 2.05) is 7.05 Å². The number of anilines is 1. The molecule has 3 rings (SSSR count). The molecule has 1 saturated carbocycles. The van der Waals surface area contributed by atoms with Crippen LogP contribution in [0.1, 0.15) is 24.0 Å². The van der Waals surface area contributed by atoms with Crippen molar-refractivity contribution in [1.82, 2.24) is 4.90 Å². The molecule has 2 aliphatic rings. The second-order valence-corrected chi connectivity index (χ2v) is 4.83. The van der Waals surface area contributed by atoms with Crippen molar-refractivity contribution in [2.45, 2.75) is 24.8 Å². The molecule has 1 aliphatic carbocycles. The topological polar surface area (TPSA) is 15.3 Å². The predicted octanol–water partition coefficient (Wildman–Crippen LogP) is 2.21. The maximum absolute atomic E-state index is 3.22. The average molecular weight is 202 g/mol. The summed E-state index contributed by atoms with van der Waals surface area (Å²) in [5.41, 5.74) is 4.79. The third-order valence-electron chi connectivity index (χ3n) is 4.07. The minimum absolute atomic E-state index is 0.417. The first-order chi connectivity index (χ1) is 7.26. The van der Waals surface area contributed by atoms with Crippen LogP contribution in [0.15, 0.2) is 18.2 Å². The molecule has 1 aromatic carbocycles. The maximum Gasteiger partial charge on any atom is 0.0462 e. The summed E-state index contributed by atoms with van der Waals surface area (Å²) in [6, 6.07) is 6.85. The summed E-state index contributed by atoms with van der Waals surface area (Å²) in [5.74, 6) is 0. The largest absolute Gasteiger partial charge is 0.388 e. The number of benzene rings is 1. The lowest BCUT2D eigenvalue weighted by Gasteiger charge is -2.35. The first-order valence-electron chi connectivity index (χ1n) is 5.79. The fourth-order valence-electron chi connectivity index (χ4n) is 2.89. The van der Waals surface area contributed by atoms with Crippen molar-refractivity contribution in [2.75, 3.05) is 26.0 Å². The van der Waals surface area contributed by atoms with Gasteiger partial charge in [-0.15, -0.1) is 0 Å². The third kappa shape index (κ3) is 1.21. The van der Waals surface area contributed by atoms with Gasteiger partial charge in [0.15, 0.2) is 0 Å². The lowest BCUT2D eigenvalue weighted by atomic mass is 9.90. The Morgan fingerprint density at radius 3 is 2.80 bits per heavy atom. The molecule has 0 bridgehead atoms. The van der Waals surface area contributed by atoms with Gasteiger partial charge in [-0.25, -0.2) is 0 Å². The summed E-state index contributed by atoms with van der Waals surface area (Å²) in [6.45, 7) is 1.21. The lowest BCUT2D eigenvalue weighted by Crippen LogP contribution is -2.38. The highest BCUT2D eigenvalue weighted by atomic mass is 15.2. The monoisotopic (exact) mass is 202 g/mol. The summed E-state index contributed by atoms with van der Waals surface area (Å²) in [4.78, 5) is 2.54. The van der Waals surface area contributed by atoms with Gasteiger partial charge >= 0.3 is 0 Å². The van der Waals surface area contributed by atoms with E-state index in [9.17, 15) is 0 Å². The number of rotatable bonds is 1. The molecule has 1 heterocycles. The van der Waals surface area contributed by atoms with Gasteiger partial charge in [0, 0.05) is 24.8 Å². The van der Waals surface area contributed by atoms with Gasteiger partial charge in [0.1, 0.15) is 0 Å². The van der Waals surface area contributed by atoms with E-state index in [4.69, 9.17) is 0 Å². The Balaban J connectivity index is 2.08. The Labute approximate surface area is 91.3 Å². The average Bonchev–Trinajstić information content (AvgIpc) is 3.05. The minimum atomic E-state index is 0.417. The number of hydrogen-bond acceptors (Lipinski definition) is 2. The third-order valence-corrected chi connectivity index (χ3v) is 4.07. The molecule has 15 heavy (non-hydrogen) atoms. The molecule has 0 saturated heterocycles. The van der Waals surface area contributed by atoms with Crippen LogP contribution in [-0.2, 0) is 12.0 Å². The molecule has 1 spiro atoms. The van der Waals surface area contributed by atoms with Crippen molar-refractivity contribution < 1.29 is 0 Å². The Bertz CT molecular complexity index is 394. The Hall–Kier alpha value is -1.02. The standard InChI is InChI=1S/C13H18N2/c1-14-11-3-4-12-10(9-11)5-8-15(2)13(12)6-7-13/h3-4,9,14H,5-8H2,1-2H3. The zero-order valence-electron chi connectivity index (χ0n) is 9.51. The van der Waals surface area contributed by atoms with E-state index in [0.717, 1.165) is 0 Å². The number of hydrogen-bond donors (Lipinski definition) is 1. The molecular weight excluding hydrogens is 184 g/mol. The normalized spacial score (nSPS) is 22.5. The van der Waals surface area contributed by atoms with Crippen LogP contribution in [-0.4, -0.2) is 25.5 Å². The maximum atomic E-state index is 3.22. The molecule has 0 aromatic heterocycles. The molecular formula is C13H18N2. The van der Waals surface area contributed by atoms with Gasteiger partial charge in [0.05, 0.1) is 0 Å². The zero-order chi connectivity index (χ0) is 10.5.